The number of alkyl halides is 1. The monoisotopic (exact) mass is 237 g/mol. The minimum Gasteiger partial charge on any atom is -0.261 e. The molecular weight excluding hydrogens is 230 g/mol. The van der Waals surface area contributed by atoms with Gasteiger partial charge in [0, 0.05) is 16.9 Å². The zero-order chi connectivity index (χ0) is 9.10. The number of pyridine rings is 1. The fourth-order valence-electron chi connectivity index (χ4n) is 1.13. The first-order chi connectivity index (χ1) is 6.40. The van der Waals surface area contributed by atoms with Crippen molar-refractivity contribution in [3.63, 3.8) is 0 Å². The van der Waals surface area contributed by atoms with Crippen LogP contribution in [0.4, 0.5) is 0 Å². The van der Waals surface area contributed by atoms with E-state index in [2.05, 4.69) is 31.1 Å². The van der Waals surface area contributed by atoms with Gasteiger partial charge in [0.15, 0.2) is 5.65 Å². The Balaban J connectivity index is 2.42. The minimum absolute atomic E-state index is 0.830. The highest BCUT2D eigenvalue weighted by Gasteiger charge is 1.95. The quantitative estimate of drug-likeness (QED) is 0.816. The van der Waals surface area contributed by atoms with Crippen LogP contribution in [0.3, 0.4) is 0 Å². The number of halogens is 1. The molecule has 2 aromatic heterocycles. The number of rotatable bonds is 2. The van der Waals surface area contributed by atoms with Gasteiger partial charge in [0.25, 0.3) is 0 Å². The van der Waals surface area contributed by atoms with E-state index in [-0.39, 0.29) is 0 Å². The lowest BCUT2D eigenvalue weighted by molar-refractivity contribution is 1.10. The van der Waals surface area contributed by atoms with Crippen LogP contribution in [0.25, 0.3) is 17.1 Å². The summed E-state index contributed by atoms with van der Waals surface area (Å²) in [6.07, 6.45) is 7.64. The van der Waals surface area contributed by atoms with E-state index in [0.29, 0.717) is 0 Å². The molecule has 0 saturated heterocycles. The normalized spacial score (nSPS) is 11.5. The highest BCUT2D eigenvalue weighted by atomic mass is 79.9. The summed E-state index contributed by atoms with van der Waals surface area (Å²) in [5.41, 5.74) is 1.92. The van der Waals surface area contributed by atoms with Gasteiger partial charge in [-0.3, -0.25) is 5.10 Å². The summed E-state index contributed by atoms with van der Waals surface area (Å²) in [6.45, 7) is 0. The van der Waals surface area contributed by atoms with Crippen molar-refractivity contribution in [2.75, 3.05) is 5.33 Å². The molecule has 2 rings (SSSR count). The standard InChI is InChI=1S/C9H8BrN3/c10-3-1-2-7-4-8-6-12-13-9(8)11-5-7/h1-2,4-6H,3H2,(H,11,12,13). The minimum atomic E-state index is 0.830. The number of nitrogens with one attached hydrogen (secondary N) is 1. The fourth-order valence-corrected chi connectivity index (χ4v) is 1.31. The van der Waals surface area contributed by atoms with Gasteiger partial charge in [-0.1, -0.05) is 28.1 Å². The van der Waals surface area contributed by atoms with Gasteiger partial charge < -0.3 is 0 Å². The van der Waals surface area contributed by atoms with E-state index in [4.69, 9.17) is 0 Å². The van der Waals surface area contributed by atoms with Crippen molar-refractivity contribution < 1.29 is 0 Å². The molecule has 0 fully saturated rings. The van der Waals surface area contributed by atoms with E-state index in [1.807, 2.05) is 24.4 Å². The summed E-state index contributed by atoms with van der Waals surface area (Å²) in [5.74, 6) is 0. The van der Waals surface area contributed by atoms with Crippen molar-refractivity contribution in [3.8, 4) is 0 Å². The van der Waals surface area contributed by atoms with Crippen LogP contribution in [0.15, 0.2) is 24.5 Å². The maximum absolute atomic E-state index is 4.21. The molecule has 0 aliphatic heterocycles. The lowest BCUT2D eigenvalue weighted by Crippen LogP contribution is -1.78. The Kier molecular flexibility index (Phi) is 2.40. The van der Waals surface area contributed by atoms with E-state index in [1.54, 1.807) is 6.20 Å². The number of aromatic amines is 1. The summed E-state index contributed by atoms with van der Waals surface area (Å²) in [7, 11) is 0. The van der Waals surface area contributed by atoms with Gasteiger partial charge in [-0.05, 0) is 11.6 Å². The first kappa shape index (κ1) is 8.44. The van der Waals surface area contributed by atoms with Gasteiger partial charge in [-0.25, -0.2) is 4.98 Å². The van der Waals surface area contributed by atoms with Gasteiger partial charge in [0.2, 0.25) is 0 Å². The lowest BCUT2D eigenvalue weighted by Gasteiger charge is -1.91. The van der Waals surface area contributed by atoms with Crippen LogP contribution in [0, 0.1) is 0 Å². The predicted octanol–water partition coefficient (Wildman–Crippen LogP) is 2.37. The topological polar surface area (TPSA) is 41.6 Å². The van der Waals surface area contributed by atoms with Gasteiger partial charge in [0.1, 0.15) is 0 Å². The first-order valence-corrected chi connectivity index (χ1v) is 5.04. The van der Waals surface area contributed by atoms with Gasteiger partial charge >= 0.3 is 0 Å². The molecule has 66 valence electrons. The molecule has 4 heteroatoms. The molecular formula is C9H8BrN3. The SMILES string of the molecule is BrCC=Cc1cnc2[nH]ncc2c1. The third kappa shape index (κ3) is 1.78. The smallest absolute Gasteiger partial charge is 0.155 e. The Morgan fingerprint density at radius 1 is 1.46 bits per heavy atom. The van der Waals surface area contributed by atoms with E-state index < -0.39 is 0 Å². The molecule has 0 amide bonds. The highest BCUT2D eigenvalue weighted by molar-refractivity contribution is 9.09. The van der Waals surface area contributed by atoms with Crippen LogP contribution in [0.5, 0.6) is 0 Å². The van der Waals surface area contributed by atoms with Crippen molar-refractivity contribution in [1.82, 2.24) is 15.2 Å². The zero-order valence-electron chi connectivity index (χ0n) is 6.87. The molecule has 0 unspecified atom stereocenters. The average molecular weight is 238 g/mol. The molecule has 2 heterocycles. The van der Waals surface area contributed by atoms with Crippen LogP contribution in [-0.2, 0) is 0 Å². The van der Waals surface area contributed by atoms with Crippen molar-refractivity contribution in [2.45, 2.75) is 0 Å². The summed E-state index contributed by atoms with van der Waals surface area (Å²) in [6, 6.07) is 2.05. The van der Waals surface area contributed by atoms with Crippen LogP contribution < -0.4 is 0 Å². The molecule has 0 atom stereocenters. The number of aromatic nitrogens is 3. The first-order valence-electron chi connectivity index (χ1n) is 3.92. The number of hydrogen-bond acceptors (Lipinski definition) is 2. The van der Waals surface area contributed by atoms with Crippen LogP contribution in [-0.4, -0.2) is 20.5 Å². The number of nitrogens with zero attached hydrogens (tertiary/aromatic N) is 2. The van der Waals surface area contributed by atoms with Gasteiger partial charge in [0.05, 0.1) is 6.20 Å². The third-order valence-electron chi connectivity index (χ3n) is 1.71. The molecule has 0 aromatic carbocycles. The fraction of sp³-hybridized carbons (Fsp3) is 0.111. The van der Waals surface area contributed by atoms with Crippen LogP contribution in [0.1, 0.15) is 5.56 Å². The van der Waals surface area contributed by atoms with Crippen molar-refractivity contribution >= 4 is 33.0 Å². The Morgan fingerprint density at radius 3 is 3.23 bits per heavy atom. The third-order valence-corrected chi connectivity index (χ3v) is 2.09. The van der Waals surface area contributed by atoms with Crippen LogP contribution in [0.2, 0.25) is 0 Å². The molecule has 3 nitrogen and oxygen atoms in total. The summed E-state index contributed by atoms with van der Waals surface area (Å²) >= 11 is 3.32. The lowest BCUT2D eigenvalue weighted by atomic mass is 10.2. The summed E-state index contributed by atoms with van der Waals surface area (Å²) in [5, 5.41) is 8.61. The summed E-state index contributed by atoms with van der Waals surface area (Å²) < 4.78 is 0. The molecule has 0 bridgehead atoms. The molecule has 13 heavy (non-hydrogen) atoms. The van der Waals surface area contributed by atoms with Crippen molar-refractivity contribution in [1.29, 1.82) is 0 Å². The Bertz CT molecular complexity index is 433. The van der Waals surface area contributed by atoms with Gasteiger partial charge in [-0.15, -0.1) is 0 Å². The second-order valence-corrected chi connectivity index (χ2v) is 3.28. The zero-order valence-corrected chi connectivity index (χ0v) is 8.45. The molecule has 0 aliphatic carbocycles. The van der Waals surface area contributed by atoms with E-state index >= 15 is 0 Å². The van der Waals surface area contributed by atoms with E-state index in [9.17, 15) is 0 Å². The number of allylic oxidation sites excluding steroid dienone is 1. The second kappa shape index (κ2) is 3.70. The average Bonchev–Trinajstić information content (AvgIpc) is 2.61. The molecule has 0 spiro atoms. The van der Waals surface area contributed by atoms with Crippen molar-refractivity contribution in [3.05, 3.63) is 30.1 Å². The Morgan fingerprint density at radius 2 is 2.38 bits per heavy atom. The Labute approximate surface area is 84.0 Å². The largest absolute Gasteiger partial charge is 0.261 e. The maximum atomic E-state index is 4.21. The number of fused-ring (bicyclic) bond motifs is 1. The second-order valence-electron chi connectivity index (χ2n) is 2.63. The molecule has 0 radical (unpaired) electrons. The van der Waals surface area contributed by atoms with Crippen molar-refractivity contribution in [2.24, 2.45) is 0 Å². The van der Waals surface area contributed by atoms with E-state index in [0.717, 1.165) is 21.9 Å². The maximum Gasteiger partial charge on any atom is 0.155 e. The molecule has 0 saturated carbocycles. The number of hydrogen-bond donors (Lipinski definition) is 1. The predicted molar refractivity (Wildman–Crippen MR) is 56.7 cm³/mol. The molecule has 1 N–H and O–H groups in total. The van der Waals surface area contributed by atoms with E-state index in [1.165, 1.54) is 0 Å². The Hall–Kier alpha value is -1.16. The highest BCUT2D eigenvalue weighted by Crippen LogP contribution is 2.10. The van der Waals surface area contributed by atoms with Gasteiger partial charge in [-0.2, -0.15) is 5.10 Å². The molecule has 0 aliphatic rings. The number of H-pyrrole nitrogens is 1. The molecule has 2 aromatic rings. The van der Waals surface area contributed by atoms with Crippen LogP contribution >= 0.6 is 15.9 Å². The summed E-state index contributed by atoms with van der Waals surface area (Å²) in [4.78, 5) is 4.21.